The van der Waals surface area contributed by atoms with E-state index < -0.39 is 32.8 Å². The highest BCUT2D eigenvalue weighted by Crippen LogP contribution is 2.51. The van der Waals surface area contributed by atoms with Gasteiger partial charge in [0.1, 0.15) is 6.04 Å². The number of likely N-dealkylation sites (N-methyl/N-ethyl adjacent to an activating group) is 3. The Hall–Kier alpha value is -2.85. The van der Waals surface area contributed by atoms with E-state index in [-0.39, 0.29) is 36.9 Å². The first-order chi connectivity index (χ1) is 20.9. The number of hydrogen-bond donors (Lipinski definition) is 1. The van der Waals surface area contributed by atoms with E-state index in [0.717, 1.165) is 11.1 Å². The highest BCUT2D eigenvalue weighted by Gasteiger charge is 2.41. The molecule has 10 nitrogen and oxygen atoms in total. The SMILES string of the molecule is C/C=C/CC(C)C(OCOP(=O)(OCc1ccccc1)OCc1ccccc1)C(C(=O)NC)N(C)C(=O)C(C(C)C)N(C)C. The second-order valence-corrected chi connectivity index (χ2v) is 13.0. The number of ether oxygens (including phenoxy) is 1. The Kier molecular flexibility index (Phi) is 16.0. The van der Waals surface area contributed by atoms with Crippen molar-refractivity contribution in [1.82, 2.24) is 15.1 Å². The highest BCUT2D eigenvalue weighted by atomic mass is 31.2. The van der Waals surface area contributed by atoms with Crippen molar-refractivity contribution in [3.8, 4) is 0 Å². The van der Waals surface area contributed by atoms with Crippen LogP contribution in [0.2, 0.25) is 0 Å². The molecule has 0 saturated carbocycles. The number of carbonyl (C=O) groups is 2. The van der Waals surface area contributed by atoms with Crippen LogP contribution in [0.15, 0.2) is 72.8 Å². The molecule has 2 rings (SSSR count). The van der Waals surface area contributed by atoms with Crippen LogP contribution in [0.1, 0.15) is 45.2 Å². The van der Waals surface area contributed by atoms with Gasteiger partial charge in [-0.25, -0.2) is 4.57 Å². The number of allylic oxidation sites excluding steroid dienone is 2. The maximum absolute atomic E-state index is 13.8. The summed E-state index contributed by atoms with van der Waals surface area (Å²) in [6.07, 6.45) is 3.65. The molecule has 44 heavy (non-hydrogen) atoms. The van der Waals surface area contributed by atoms with Gasteiger partial charge in [0.05, 0.1) is 25.4 Å². The lowest BCUT2D eigenvalue weighted by molar-refractivity contribution is -0.156. The van der Waals surface area contributed by atoms with Crippen LogP contribution < -0.4 is 5.32 Å². The molecule has 4 atom stereocenters. The third-order valence-electron chi connectivity index (χ3n) is 7.27. The van der Waals surface area contributed by atoms with Crippen molar-refractivity contribution in [1.29, 1.82) is 0 Å². The van der Waals surface area contributed by atoms with Crippen LogP contribution in [0.3, 0.4) is 0 Å². The van der Waals surface area contributed by atoms with Gasteiger partial charge >= 0.3 is 7.82 Å². The molecule has 0 aliphatic carbocycles. The first-order valence-electron chi connectivity index (χ1n) is 14.9. The molecule has 4 unspecified atom stereocenters. The highest BCUT2D eigenvalue weighted by molar-refractivity contribution is 7.48. The topological polar surface area (TPSA) is 107 Å². The number of phosphoric acid groups is 1. The van der Waals surface area contributed by atoms with Crippen LogP contribution in [-0.4, -0.2) is 74.8 Å². The number of amides is 2. The predicted octanol–water partition coefficient (Wildman–Crippen LogP) is 5.65. The van der Waals surface area contributed by atoms with Crippen LogP contribution >= 0.6 is 7.82 Å². The molecule has 2 aromatic rings. The van der Waals surface area contributed by atoms with Gasteiger partial charge in [0.25, 0.3) is 0 Å². The molecule has 0 saturated heterocycles. The molecule has 244 valence electrons. The lowest BCUT2D eigenvalue weighted by Gasteiger charge is -2.39. The molecule has 0 aliphatic heterocycles. The minimum atomic E-state index is -4.13. The summed E-state index contributed by atoms with van der Waals surface area (Å²) in [4.78, 5) is 30.4. The van der Waals surface area contributed by atoms with E-state index in [2.05, 4.69) is 5.32 Å². The first-order valence-corrected chi connectivity index (χ1v) is 16.4. The van der Waals surface area contributed by atoms with E-state index in [9.17, 15) is 14.2 Å². The van der Waals surface area contributed by atoms with Crippen molar-refractivity contribution in [2.75, 3.05) is 35.0 Å². The summed E-state index contributed by atoms with van der Waals surface area (Å²) in [6.45, 7) is 7.26. The first kappa shape index (κ1) is 37.3. The average Bonchev–Trinajstić information content (AvgIpc) is 3.01. The molecule has 0 bridgehead atoms. The van der Waals surface area contributed by atoms with Crippen LogP contribution in [0.4, 0.5) is 0 Å². The zero-order valence-electron chi connectivity index (χ0n) is 27.3. The van der Waals surface area contributed by atoms with Crippen molar-refractivity contribution in [2.24, 2.45) is 11.8 Å². The Labute approximate surface area is 263 Å². The Morgan fingerprint density at radius 2 is 1.39 bits per heavy atom. The zero-order valence-corrected chi connectivity index (χ0v) is 28.2. The molecule has 0 aliphatic rings. The lowest BCUT2D eigenvalue weighted by atomic mass is 9.91. The standard InChI is InChI=1S/C33H50N3O7P/c1-9-10-17-26(4)31(30(32(37)34-5)36(8)33(38)29(25(2)3)35(6)7)40-24-43-44(39,41-22-27-18-13-11-14-19-27)42-23-28-20-15-12-16-21-28/h9-16,18-21,25-26,29-31H,17,22-24H2,1-8H3,(H,34,37)/b10-9+. The van der Waals surface area contributed by atoms with E-state index in [4.69, 9.17) is 18.3 Å². The molecule has 0 aromatic heterocycles. The fraction of sp³-hybridized carbons (Fsp3) is 0.515. The molecule has 2 amide bonds. The van der Waals surface area contributed by atoms with E-state index in [1.807, 2.05) is 120 Å². The normalized spacial score (nSPS) is 14.9. The van der Waals surface area contributed by atoms with Crippen LogP contribution in [0, 0.1) is 11.8 Å². The summed E-state index contributed by atoms with van der Waals surface area (Å²) in [5.74, 6) is -0.820. The summed E-state index contributed by atoms with van der Waals surface area (Å²) in [6, 6.07) is 17.1. The van der Waals surface area contributed by atoms with Crippen molar-refractivity contribution >= 4 is 19.6 Å². The fourth-order valence-corrected chi connectivity index (χ4v) is 5.96. The minimum absolute atomic E-state index is 0.00263. The van der Waals surface area contributed by atoms with Gasteiger partial charge in [-0.3, -0.25) is 28.1 Å². The number of nitrogens with one attached hydrogen (secondary N) is 1. The minimum Gasteiger partial charge on any atom is -0.357 e. The molecule has 0 heterocycles. The van der Waals surface area contributed by atoms with E-state index in [1.165, 1.54) is 11.9 Å². The van der Waals surface area contributed by atoms with Crippen molar-refractivity contribution in [3.05, 3.63) is 83.9 Å². The fourth-order valence-electron chi connectivity index (χ4n) is 4.93. The second kappa shape index (κ2) is 18.8. The summed E-state index contributed by atoms with van der Waals surface area (Å²) < 4.78 is 37.2. The molecular formula is C33H50N3O7P. The van der Waals surface area contributed by atoms with Gasteiger partial charge in [0.2, 0.25) is 11.8 Å². The van der Waals surface area contributed by atoms with Gasteiger partial charge in [0, 0.05) is 14.1 Å². The van der Waals surface area contributed by atoms with Crippen LogP contribution in [0.5, 0.6) is 0 Å². The molecule has 0 spiro atoms. The average molecular weight is 632 g/mol. The predicted molar refractivity (Wildman–Crippen MR) is 172 cm³/mol. The van der Waals surface area contributed by atoms with Gasteiger partial charge in [-0.2, -0.15) is 0 Å². The van der Waals surface area contributed by atoms with Gasteiger partial charge < -0.3 is 15.0 Å². The Morgan fingerprint density at radius 3 is 1.82 bits per heavy atom. The number of rotatable bonds is 19. The van der Waals surface area contributed by atoms with Gasteiger partial charge in [-0.15, -0.1) is 0 Å². The van der Waals surface area contributed by atoms with Gasteiger partial charge in [0.15, 0.2) is 6.79 Å². The molecule has 11 heteroatoms. The smallest absolute Gasteiger partial charge is 0.357 e. The number of nitrogens with zero attached hydrogens (tertiary/aromatic N) is 2. The Bertz CT molecular complexity index is 1150. The number of phosphoric ester groups is 1. The third kappa shape index (κ3) is 11.6. The monoisotopic (exact) mass is 631 g/mol. The largest absolute Gasteiger partial charge is 0.477 e. The van der Waals surface area contributed by atoms with Crippen molar-refractivity contribution in [3.63, 3.8) is 0 Å². The number of carbonyl (C=O) groups excluding carboxylic acids is 2. The van der Waals surface area contributed by atoms with Crippen LogP contribution in [-0.2, 0) is 45.7 Å². The number of hydrogen-bond acceptors (Lipinski definition) is 8. The van der Waals surface area contributed by atoms with Crippen LogP contribution in [0.25, 0.3) is 0 Å². The number of benzene rings is 2. The van der Waals surface area contributed by atoms with E-state index >= 15 is 0 Å². The molecule has 2 aromatic carbocycles. The maximum Gasteiger partial charge on any atom is 0.477 e. The third-order valence-corrected chi connectivity index (χ3v) is 8.58. The summed E-state index contributed by atoms with van der Waals surface area (Å²) >= 11 is 0. The summed E-state index contributed by atoms with van der Waals surface area (Å²) in [5.41, 5.74) is 1.58. The van der Waals surface area contributed by atoms with Crippen molar-refractivity contribution < 1.29 is 32.5 Å². The van der Waals surface area contributed by atoms with Crippen molar-refractivity contribution in [2.45, 2.75) is 65.5 Å². The quantitative estimate of drug-likeness (QED) is 0.121. The second-order valence-electron chi connectivity index (χ2n) is 11.3. The Balaban J connectivity index is 2.33. The zero-order chi connectivity index (χ0) is 32.7. The van der Waals surface area contributed by atoms with Gasteiger partial charge in [-0.05, 0) is 50.4 Å². The van der Waals surface area contributed by atoms with E-state index in [0.29, 0.717) is 6.42 Å². The Morgan fingerprint density at radius 1 is 0.864 bits per heavy atom. The lowest BCUT2D eigenvalue weighted by Crippen LogP contribution is -2.59. The molecule has 0 radical (unpaired) electrons. The van der Waals surface area contributed by atoms with E-state index in [1.54, 1.807) is 7.05 Å². The molecule has 0 fully saturated rings. The molecule has 1 N–H and O–H groups in total. The summed E-state index contributed by atoms with van der Waals surface area (Å²) in [7, 11) is 2.67. The summed E-state index contributed by atoms with van der Waals surface area (Å²) in [5, 5.41) is 2.68. The maximum atomic E-state index is 13.8. The van der Waals surface area contributed by atoms with Gasteiger partial charge in [-0.1, -0.05) is 93.6 Å². The molecular weight excluding hydrogens is 581 g/mol.